The van der Waals surface area contributed by atoms with Gasteiger partial charge in [-0.2, -0.15) is 0 Å². The predicted octanol–water partition coefficient (Wildman–Crippen LogP) is 1.37. The largest absolute Gasteiger partial charge is 0.469 e. The van der Waals surface area contributed by atoms with Crippen LogP contribution in [0.1, 0.15) is 16.8 Å². The van der Waals surface area contributed by atoms with Gasteiger partial charge in [-0.3, -0.25) is 14.6 Å². The average molecular weight is 269 g/mol. The van der Waals surface area contributed by atoms with Crippen LogP contribution in [0.15, 0.2) is 18.5 Å². The molecule has 0 spiro atoms. The van der Waals surface area contributed by atoms with Crippen molar-refractivity contribution in [2.75, 3.05) is 20.2 Å². The second-order valence-corrected chi connectivity index (χ2v) is 4.52. The number of amides is 1. The molecule has 1 unspecified atom stereocenters. The number of carbonyl (C=O) groups excluding carboxylic acids is 2. The van der Waals surface area contributed by atoms with Gasteiger partial charge in [0.05, 0.1) is 23.6 Å². The van der Waals surface area contributed by atoms with Gasteiger partial charge < -0.3 is 9.64 Å². The Morgan fingerprint density at radius 2 is 2.33 bits per heavy atom. The van der Waals surface area contributed by atoms with Gasteiger partial charge in [0.1, 0.15) is 0 Å². The lowest BCUT2D eigenvalue weighted by Crippen LogP contribution is -2.30. The minimum Gasteiger partial charge on any atom is -0.469 e. The lowest BCUT2D eigenvalue weighted by atomic mass is 10.1. The Hall–Kier alpha value is -1.62. The van der Waals surface area contributed by atoms with Crippen molar-refractivity contribution in [2.45, 2.75) is 6.42 Å². The van der Waals surface area contributed by atoms with Crippen LogP contribution in [0.25, 0.3) is 0 Å². The Kier molecular flexibility index (Phi) is 3.81. The SMILES string of the molecule is COC(=O)C1CCN(C(=O)c2ccncc2Cl)C1. The van der Waals surface area contributed by atoms with Crippen molar-refractivity contribution < 1.29 is 14.3 Å². The lowest BCUT2D eigenvalue weighted by Gasteiger charge is -2.16. The maximum atomic E-state index is 12.2. The maximum Gasteiger partial charge on any atom is 0.310 e. The molecule has 1 aromatic heterocycles. The summed E-state index contributed by atoms with van der Waals surface area (Å²) in [7, 11) is 1.35. The van der Waals surface area contributed by atoms with Crippen molar-refractivity contribution in [1.29, 1.82) is 0 Å². The van der Waals surface area contributed by atoms with Crippen LogP contribution in [0.4, 0.5) is 0 Å². The highest BCUT2D eigenvalue weighted by atomic mass is 35.5. The number of carbonyl (C=O) groups is 2. The number of aromatic nitrogens is 1. The van der Waals surface area contributed by atoms with Crippen LogP contribution >= 0.6 is 11.6 Å². The van der Waals surface area contributed by atoms with Crippen LogP contribution in [0.2, 0.25) is 5.02 Å². The smallest absolute Gasteiger partial charge is 0.310 e. The summed E-state index contributed by atoms with van der Waals surface area (Å²) >= 11 is 5.92. The molecule has 1 amide bonds. The van der Waals surface area contributed by atoms with Gasteiger partial charge in [0.2, 0.25) is 0 Å². The number of halogens is 1. The Morgan fingerprint density at radius 1 is 1.56 bits per heavy atom. The summed E-state index contributed by atoms with van der Waals surface area (Å²) < 4.78 is 4.68. The fourth-order valence-electron chi connectivity index (χ4n) is 2.02. The van der Waals surface area contributed by atoms with E-state index in [1.807, 2.05) is 0 Å². The van der Waals surface area contributed by atoms with Crippen LogP contribution in [-0.4, -0.2) is 42.0 Å². The molecule has 1 aliphatic rings. The lowest BCUT2D eigenvalue weighted by molar-refractivity contribution is -0.144. The Labute approximate surface area is 110 Å². The molecule has 18 heavy (non-hydrogen) atoms. The molecule has 6 heteroatoms. The van der Waals surface area contributed by atoms with Crippen molar-refractivity contribution in [2.24, 2.45) is 5.92 Å². The first-order valence-corrected chi connectivity index (χ1v) is 5.98. The molecule has 1 aromatic rings. The topological polar surface area (TPSA) is 59.5 Å². The summed E-state index contributed by atoms with van der Waals surface area (Å²) in [6, 6.07) is 1.58. The Bertz CT molecular complexity index is 478. The van der Waals surface area contributed by atoms with E-state index in [1.165, 1.54) is 19.5 Å². The Morgan fingerprint density at radius 3 is 3.00 bits per heavy atom. The van der Waals surface area contributed by atoms with E-state index >= 15 is 0 Å². The molecule has 2 rings (SSSR count). The highest BCUT2D eigenvalue weighted by molar-refractivity contribution is 6.33. The van der Waals surface area contributed by atoms with Crippen LogP contribution in [0.3, 0.4) is 0 Å². The minimum atomic E-state index is -0.272. The average Bonchev–Trinajstić information content (AvgIpc) is 2.87. The monoisotopic (exact) mass is 268 g/mol. The number of rotatable bonds is 2. The molecule has 1 saturated heterocycles. The van der Waals surface area contributed by atoms with Gasteiger partial charge in [-0.1, -0.05) is 11.6 Å². The van der Waals surface area contributed by atoms with Crippen molar-refractivity contribution in [3.8, 4) is 0 Å². The normalized spacial score (nSPS) is 18.8. The second kappa shape index (κ2) is 5.35. The number of ether oxygens (including phenoxy) is 1. The van der Waals surface area contributed by atoms with Gasteiger partial charge in [0.15, 0.2) is 0 Å². The fourth-order valence-corrected chi connectivity index (χ4v) is 2.22. The molecule has 0 saturated carbocycles. The zero-order valence-corrected chi connectivity index (χ0v) is 10.7. The van der Waals surface area contributed by atoms with Crippen molar-refractivity contribution in [1.82, 2.24) is 9.88 Å². The summed E-state index contributed by atoms with van der Waals surface area (Å²) in [5.41, 5.74) is 0.414. The van der Waals surface area contributed by atoms with E-state index in [2.05, 4.69) is 9.72 Å². The molecular weight excluding hydrogens is 256 g/mol. The van der Waals surface area contributed by atoms with Gasteiger partial charge in [-0.05, 0) is 12.5 Å². The third-order valence-electron chi connectivity index (χ3n) is 3.01. The first kappa shape index (κ1) is 12.8. The molecule has 1 fully saturated rings. The molecule has 1 aliphatic heterocycles. The molecule has 0 aliphatic carbocycles. The Balaban J connectivity index is 2.08. The molecule has 0 bridgehead atoms. The van der Waals surface area contributed by atoms with E-state index in [0.717, 1.165) is 0 Å². The number of esters is 1. The van der Waals surface area contributed by atoms with Gasteiger partial charge >= 0.3 is 5.97 Å². The molecule has 2 heterocycles. The summed E-state index contributed by atoms with van der Waals surface area (Å²) in [4.78, 5) is 29.0. The molecular formula is C12H13ClN2O3. The summed E-state index contributed by atoms with van der Waals surface area (Å²) in [6.45, 7) is 0.918. The van der Waals surface area contributed by atoms with Crippen molar-refractivity contribution in [3.05, 3.63) is 29.0 Å². The molecule has 5 nitrogen and oxygen atoms in total. The molecule has 96 valence electrons. The van der Waals surface area contributed by atoms with Gasteiger partial charge in [0.25, 0.3) is 5.91 Å². The van der Waals surface area contributed by atoms with Crippen LogP contribution in [0, 0.1) is 5.92 Å². The molecule has 1 atom stereocenters. The number of likely N-dealkylation sites (tertiary alicyclic amines) is 1. The van der Waals surface area contributed by atoms with Gasteiger partial charge in [0, 0.05) is 25.5 Å². The zero-order valence-electron chi connectivity index (χ0n) is 9.93. The van der Waals surface area contributed by atoms with E-state index in [1.54, 1.807) is 11.0 Å². The van der Waals surface area contributed by atoms with Crippen molar-refractivity contribution in [3.63, 3.8) is 0 Å². The first-order chi connectivity index (χ1) is 8.63. The standard InChI is InChI=1S/C12H13ClN2O3/c1-18-12(17)8-3-5-15(7-8)11(16)9-2-4-14-6-10(9)13/h2,4,6,8H,3,5,7H2,1H3. The third kappa shape index (κ3) is 2.46. The molecule has 0 aromatic carbocycles. The van der Waals surface area contributed by atoms with E-state index < -0.39 is 0 Å². The highest BCUT2D eigenvalue weighted by Crippen LogP contribution is 2.22. The summed E-state index contributed by atoms with van der Waals surface area (Å²) in [6.07, 6.45) is 3.58. The fraction of sp³-hybridized carbons (Fsp3) is 0.417. The van der Waals surface area contributed by atoms with E-state index in [-0.39, 0.29) is 17.8 Å². The highest BCUT2D eigenvalue weighted by Gasteiger charge is 2.32. The number of hydrogen-bond donors (Lipinski definition) is 0. The van der Waals surface area contributed by atoms with Crippen LogP contribution < -0.4 is 0 Å². The maximum absolute atomic E-state index is 12.2. The minimum absolute atomic E-state index is 0.172. The number of hydrogen-bond acceptors (Lipinski definition) is 4. The van der Waals surface area contributed by atoms with Crippen LogP contribution in [-0.2, 0) is 9.53 Å². The molecule has 0 N–H and O–H groups in total. The first-order valence-electron chi connectivity index (χ1n) is 5.60. The van der Waals surface area contributed by atoms with Crippen LogP contribution in [0.5, 0.6) is 0 Å². The predicted molar refractivity (Wildman–Crippen MR) is 65.3 cm³/mol. The summed E-state index contributed by atoms with van der Waals surface area (Å²) in [5.74, 6) is -0.681. The number of methoxy groups -OCH3 is 1. The molecule has 0 radical (unpaired) electrons. The number of nitrogens with zero attached hydrogens (tertiary/aromatic N) is 2. The van der Waals surface area contributed by atoms with Crippen molar-refractivity contribution >= 4 is 23.5 Å². The zero-order chi connectivity index (χ0) is 13.1. The van der Waals surface area contributed by atoms with E-state index in [9.17, 15) is 9.59 Å². The van der Waals surface area contributed by atoms with Gasteiger partial charge in [-0.15, -0.1) is 0 Å². The summed E-state index contributed by atoms with van der Waals surface area (Å²) in [5, 5.41) is 0.323. The third-order valence-corrected chi connectivity index (χ3v) is 3.31. The quantitative estimate of drug-likeness (QED) is 0.760. The van der Waals surface area contributed by atoms with E-state index in [0.29, 0.717) is 30.1 Å². The van der Waals surface area contributed by atoms with E-state index in [4.69, 9.17) is 11.6 Å². The van der Waals surface area contributed by atoms with Gasteiger partial charge in [-0.25, -0.2) is 0 Å². The number of pyridine rings is 1. The second-order valence-electron chi connectivity index (χ2n) is 4.12.